The second-order valence-corrected chi connectivity index (χ2v) is 22.4. The lowest BCUT2D eigenvalue weighted by atomic mass is 10.1. The summed E-state index contributed by atoms with van der Waals surface area (Å²) in [5.41, 5.74) is 0. The third-order valence-corrected chi connectivity index (χ3v) is 13.4. The summed E-state index contributed by atoms with van der Waals surface area (Å²) >= 11 is 0. The first kappa shape index (κ1) is 73.2. The number of carbonyl (C=O) groups is 2. The molecule has 0 heterocycles. The Labute approximate surface area is 472 Å². The molecule has 0 amide bonds. The Morgan fingerprint density at radius 1 is 0.416 bits per heavy atom. The van der Waals surface area contributed by atoms with Crippen LogP contribution in [0.1, 0.15) is 226 Å². The third kappa shape index (κ3) is 61.2. The highest BCUT2D eigenvalue weighted by molar-refractivity contribution is 7.45. The van der Waals surface area contributed by atoms with Crippen molar-refractivity contribution in [2.75, 3.05) is 47.5 Å². The Balaban J connectivity index is 4.15. The van der Waals surface area contributed by atoms with Crippen molar-refractivity contribution in [3.05, 3.63) is 134 Å². The molecule has 2 atom stereocenters. The molecule has 0 spiro atoms. The SMILES string of the molecule is CC/C=C\C/C=C\C/C=C\C/C=C\C/C=C\C/C=C\C/C=C\C/C=C\C/C=C\CCCCCCCCCCCC(=O)OC(COC(=O)CCCCCCC/C=C\C/C=C\CCCCCC)COP(=O)([O-])OCC[N+](C)(C)C. The molecule has 0 aromatic heterocycles. The van der Waals surface area contributed by atoms with Gasteiger partial charge >= 0.3 is 11.9 Å². The fourth-order valence-corrected chi connectivity index (χ4v) is 8.47. The van der Waals surface area contributed by atoms with Crippen LogP contribution >= 0.6 is 7.82 Å². The quantitative estimate of drug-likeness (QED) is 0.0195. The molecule has 0 aromatic rings. The summed E-state index contributed by atoms with van der Waals surface area (Å²) < 4.78 is 34.1. The Morgan fingerprint density at radius 3 is 1.10 bits per heavy atom. The number of ether oxygens (including phenoxy) is 2. The van der Waals surface area contributed by atoms with Gasteiger partial charge in [-0.05, 0) is 116 Å². The van der Waals surface area contributed by atoms with Crippen LogP contribution in [0.25, 0.3) is 0 Å². The Bertz CT molecular complexity index is 1760. The number of quaternary nitrogens is 1. The van der Waals surface area contributed by atoms with Crippen LogP contribution in [0.4, 0.5) is 0 Å². The molecule has 77 heavy (non-hydrogen) atoms. The van der Waals surface area contributed by atoms with E-state index in [2.05, 4.69) is 148 Å². The fraction of sp³-hybridized carbons (Fsp3) is 0.642. The molecule has 0 saturated heterocycles. The minimum atomic E-state index is -4.65. The first-order valence-electron chi connectivity index (χ1n) is 30.4. The molecule has 0 radical (unpaired) electrons. The van der Waals surface area contributed by atoms with Gasteiger partial charge in [-0.3, -0.25) is 14.2 Å². The summed E-state index contributed by atoms with van der Waals surface area (Å²) in [6.45, 7) is 4.07. The largest absolute Gasteiger partial charge is 0.756 e. The summed E-state index contributed by atoms with van der Waals surface area (Å²) in [7, 11) is 1.14. The maximum atomic E-state index is 12.8. The molecule has 0 N–H and O–H groups in total. The number of hydrogen-bond donors (Lipinski definition) is 0. The number of rotatable bonds is 54. The fourth-order valence-electron chi connectivity index (χ4n) is 7.74. The van der Waals surface area contributed by atoms with Crippen LogP contribution in [-0.2, 0) is 32.7 Å². The molecule has 9 nitrogen and oxygen atoms in total. The first-order chi connectivity index (χ1) is 37.5. The predicted molar refractivity (Wildman–Crippen MR) is 327 cm³/mol. The molecule has 0 aromatic carbocycles. The number of carbonyl (C=O) groups excluding carboxylic acids is 2. The molecule has 2 unspecified atom stereocenters. The van der Waals surface area contributed by atoms with Gasteiger partial charge in [0, 0.05) is 12.8 Å². The van der Waals surface area contributed by atoms with Crippen molar-refractivity contribution < 1.29 is 42.1 Å². The van der Waals surface area contributed by atoms with Crippen molar-refractivity contribution in [2.45, 2.75) is 232 Å². The molecule has 0 fully saturated rings. The molecule has 0 aliphatic carbocycles. The number of esters is 2. The second kappa shape index (κ2) is 56.9. The highest BCUT2D eigenvalue weighted by atomic mass is 31.2. The van der Waals surface area contributed by atoms with E-state index in [-0.39, 0.29) is 26.1 Å². The van der Waals surface area contributed by atoms with Crippen LogP contribution in [-0.4, -0.2) is 70.0 Å². The molecule has 0 rings (SSSR count). The lowest BCUT2D eigenvalue weighted by Crippen LogP contribution is -2.37. The van der Waals surface area contributed by atoms with E-state index in [1.807, 2.05) is 21.1 Å². The lowest BCUT2D eigenvalue weighted by molar-refractivity contribution is -0.870. The van der Waals surface area contributed by atoms with Gasteiger partial charge in [0.25, 0.3) is 7.82 Å². The van der Waals surface area contributed by atoms with Crippen molar-refractivity contribution in [1.29, 1.82) is 0 Å². The second-order valence-electron chi connectivity index (χ2n) is 21.0. The van der Waals surface area contributed by atoms with Gasteiger partial charge in [0.05, 0.1) is 27.7 Å². The third-order valence-electron chi connectivity index (χ3n) is 12.4. The van der Waals surface area contributed by atoms with Crippen LogP contribution in [0.15, 0.2) is 134 Å². The summed E-state index contributed by atoms with van der Waals surface area (Å²) in [5.74, 6) is -0.864. The summed E-state index contributed by atoms with van der Waals surface area (Å²) in [5, 5.41) is 0. The predicted octanol–water partition coefficient (Wildman–Crippen LogP) is 18.7. The number of hydrogen-bond acceptors (Lipinski definition) is 8. The maximum Gasteiger partial charge on any atom is 0.306 e. The first-order valence-corrected chi connectivity index (χ1v) is 31.9. The van der Waals surface area contributed by atoms with Crippen molar-refractivity contribution in [2.24, 2.45) is 0 Å². The lowest BCUT2D eigenvalue weighted by Gasteiger charge is -2.28. The van der Waals surface area contributed by atoms with E-state index in [0.29, 0.717) is 23.9 Å². The molecule has 0 aliphatic heterocycles. The van der Waals surface area contributed by atoms with E-state index in [1.165, 1.54) is 64.2 Å². The number of nitrogens with zero attached hydrogens (tertiary/aromatic N) is 1. The van der Waals surface area contributed by atoms with Crippen LogP contribution in [0.5, 0.6) is 0 Å². The van der Waals surface area contributed by atoms with E-state index >= 15 is 0 Å². The smallest absolute Gasteiger partial charge is 0.306 e. The van der Waals surface area contributed by atoms with E-state index in [1.54, 1.807) is 0 Å². The van der Waals surface area contributed by atoms with Gasteiger partial charge in [-0.2, -0.15) is 0 Å². The number of allylic oxidation sites excluding steroid dienone is 22. The Hall–Kier alpha value is -3.85. The van der Waals surface area contributed by atoms with Crippen molar-refractivity contribution >= 4 is 19.8 Å². The van der Waals surface area contributed by atoms with Crippen molar-refractivity contribution in [3.63, 3.8) is 0 Å². The Morgan fingerprint density at radius 2 is 0.740 bits per heavy atom. The minimum Gasteiger partial charge on any atom is -0.756 e. The standard InChI is InChI=1S/C67H112NO8P/c1-6-8-10-12-14-16-18-20-22-24-25-26-27-28-29-30-31-32-33-34-35-36-37-38-39-40-41-42-43-44-46-48-50-52-54-56-58-60-67(70)76-65(64-75-77(71,72)74-62-61-68(3,4)5)63-73-66(69)59-57-55-53-51-49-47-45-23-21-19-17-15-13-11-9-7-2/h8,10,14,16-17,19-20,22-23,25-26,28-29,31-32,34-35,37-38,40-41,45,65H,6-7,9,11-13,15,18,21,24,27,30,33,36,39,42-44,46-64H2,1-5H3/b10-8-,16-14-,19-17-,22-20-,26-25-,29-28-,32-31-,35-34-,38-37-,41-40-,45-23-. The molecule has 10 heteroatoms. The van der Waals surface area contributed by atoms with Crippen LogP contribution in [0, 0.1) is 0 Å². The van der Waals surface area contributed by atoms with Gasteiger partial charge in [-0.15, -0.1) is 0 Å². The monoisotopic (exact) mass is 1090 g/mol. The molecule has 438 valence electrons. The maximum absolute atomic E-state index is 12.8. The zero-order valence-electron chi connectivity index (χ0n) is 49.6. The molecular weight excluding hydrogens is 978 g/mol. The van der Waals surface area contributed by atoms with Gasteiger partial charge in [-0.25, -0.2) is 0 Å². The average Bonchev–Trinajstić information content (AvgIpc) is 3.39. The highest BCUT2D eigenvalue weighted by Crippen LogP contribution is 2.38. The van der Waals surface area contributed by atoms with E-state index in [9.17, 15) is 19.0 Å². The molecule has 0 aliphatic rings. The zero-order chi connectivity index (χ0) is 56.3. The molecular formula is C67H112NO8P. The van der Waals surface area contributed by atoms with Gasteiger partial charge in [0.2, 0.25) is 0 Å². The minimum absolute atomic E-state index is 0.0409. The van der Waals surface area contributed by atoms with Gasteiger partial charge in [0.15, 0.2) is 6.10 Å². The van der Waals surface area contributed by atoms with E-state index in [0.717, 1.165) is 122 Å². The summed E-state index contributed by atoms with van der Waals surface area (Å²) in [6.07, 6.45) is 82.2. The van der Waals surface area contributed by atoms with Crippen LogP contribution in [0.2, 0.25) is 0 Å². The summed E-state index contributed by atoms with van der Waals surface area (Å²) in [4.78, 5) is 37.9. The van der Waals surface area contributed by atoms with Crippen molar-refractivity contribution in [1.82, 2.24) is 0 Å². The van der Waals surface area contributed by atoms with Crippen LogP contribution in [0.3, 0.4) is 0 Å². The van der Waals surface area contributed by atoms with E-state index in [4.69, 9.17) is 18.5 Å². The normalized spacial score (nSPS) is 14.2. The molecule has 0 bridgehead atoms. The van der Waals surface area contributed by atoms with Crippen LogP contribution < -0.4 is 4.89 Å². The average molecular weight is 1090 g/mol. The highest BCUT2D eigenvalue weighted by Gasteiger charge is 2.21. The van der Waals surface area contributed by atoms with Crippen molar-refractivity contribution in [3.8, 4) is 0 Å². The Kier molecular flexibility index (Phi) is 54.0. The molecule has 0 saturated carbocycles. The number of phosphoric acid groups is 1. The number of likely N-dealkylation sites (N-methyl/N-ethyl adjacent to an activating group) is 1. The van der Waals surface area contributed by atoms with Gasteiger partial charge in [-0.1, -0.05) is 231 Å². The van der Waals surface area contributed by atoms with Gasteiger partial charge in [0.1, 0.15) is 19.8 Å². The topological polar surface area (TPSA) is 111 Å². The number of phosphoric ester groups is 1. The summed E-state index contributed by atoms with van der Waals surface area (Å²) in [6, 6.07) is 0. The zero-order valence-corrected chi connectivity index (χ0v) is 50.5. The van der Waals surface area contributed by atoms with E-state index < -0.39 is 32.5 Å². The van der Waals surface area contributed by atoms with Gasteiger partial charge < -0.3 is 27.9 Å². The number of unbranched alkanes of at least 4 members (excludes halogenated alkanes) is 18.